The summed E-state index contributed by atoms with van der Waals surface area (Å²) in [4.78, 5) is 12.5. The predicted molar refractivity (Wildman–Crippen MR) is 105 cm³/mol. The van der Waals surface area contributed by atoms with Crippen molar-refractivity contribution in [3.63, 3.8) is 0 Å². The van der Waals surface area contributed by atoms with E-state index in [4.69, 9.17) is 9.47 Å². The lowest BCUT2D eigenvalue weighted by atomic mass is 10.1. The number of hydrogen-bond acceptors (Lipinski definition) is 6. The number of carbonyl (C=O) groups excluding carboxylic acids is 1. The van der Waals surface area contributed by atoms with Gasteiger partial charge in [-0.3, -0.25) is 4.79 Å². The van der Waals surface area contributed by atoms with Crippen LogP contribution in [0, 0.1) is 0 Å². The van der Waals surface area contributed by atoms with Crippen LogP contribution in [0.5, 0.6) is 11.5 Å². The number of rotatable bonds is 6. The van der Waals surface area contributed by atoms with Crippen molar-refractivity contribution in [2.75, 3.05) is 36.4 Å². The Balaban J connectivity index is 1.65. The molecule has 0 aromatic heterocycles. The molecule has 1 amide bonds. The largest absolute Gasteiger partial charge is 0.497 e. The Morgan fingerprint density at radius 3 is 2.11 bits per heavy atom. The molecule has 1 aliphatic heterocycles. The lowest BCUT2D eigenvalue weighted by molar-refractivity contribution is 0.102. The zero-order valence-corrected chi connectivity index (χ0v) is 16.0. The molecule has 0 saturated carbocycles. The number of anilines is 2. The van der Waals surface area contributed by atoms with Crippen molar-refractivity contribution < 1.29 is 22.7 Å². The van der Waals surface area contributed by atoms with Crippen LogP contribution in [0.2, 0.25) is 0 Å². The fourth-order valence-electron chi connectivity index (χ4n) is 2.94. The topological polar surface area (TPSA) is 93.7 Å². The molecule has 1 atom stereocenters. The van der Waals surface area contributed by atoms with Gasteiger partial charge in [-0.05, 0) is 42.8 Å². The van der Waals surface area contributed by atoms with Crippen LogP contribution in [0.25, 0.3) is 0 Å². The summed E-state index contributed by atoms with van der Waals surface area (Å²) in [5.74, 6) is 1.16. The standard InChI is InChI=1S/C19H22N2O5S/c1-25-17-9-13(10-18(11-17)26-2)19(22)21-15-5-3-14(4-6-15)20-16-7-8-27(23,24)12-16/h3-6,9-11,16,20H,7-8,12H2,1-2H3,(H,21,22). The lowest BCUT2D eigenvalue weighted by Gasteiger charge is -2.13. The summed E-state index contributed by atoms with van der Waals surface area (Å²) < 4.78 is 33.4. The van der Waals surface area contributed by atoms with Crippen molar-refractivity contribution in [2.45, 2.75) is 12.5 Å². The van der Waals surface area contributed by atoms with E-state index in [1.54, 1.807) is 30.3 Å². The van der Waals surface area contributed by atoms with E-state index in [0.29, 0.717) is 29.2 Å². The number of hydrogen-bond donors (Lipinski definition) is 2. The summed E-state index contributed by atoms with van der Waals surface area (Å²) in [5.41, 5.74) is 1.87. The molecule has 0 radical (unpaired) electrons. The minimum Gasteiger partial charge on any atom is -0.497 e. The van der Waals surface area contributed by atoms with Crippen LogP contribution in [-0.4, -0.2) is 46.1 Å². The monoisotopic (exact) mass is 390 g/mol. The van der Waals surface area contributed by atoms with Gasteiger partial charge in [0.05, 0.1) is 25.7 Å². The van der Waals surface area contributed by atoms with Gasteiger partial charge in [-0.2, -0.15) is 0 Å². The fraction of sp³-hybridized carbons (Fsp3) is 0.316. The summed E-state index contributed by atoms with van der Waals surface area (Å²) in [6.45, 7) is 0. The number of benzene rings is 2. The second-order valence-electron chi connectivity index (χ2n) is 6.38. The van der Waals surface area contributed by atoms with E-state index in [1.165, 1.54) is 14.2 Å². The molecule has 0 bridgehead atoms. The lowest BCUT2D eigenvalue weighted by Crippen LogP contribution is -2.20. The van der Waals surface area contributed by atoms with Crippen molar-refractivity contribution in [2.24, 2.45) is 0 Å². The number of ether oxygens (including phenoxy) is 2. The Bertz CT molecular complexity index is 903. The Morgan fingerprint density at radius 1 is 1.00 bits per heavy atom. The summed E-state index contributed by atoms with van der Waals surface area (Å²) in [6, 6.07) is 12.0. The Hall–Kier alpha value is -2.74. The van der Waals surface area contributed by atoms with Crippen LogP contribution < -0.4 is 20.1 Å². The maximum absolute atomic E-state index is 12.5. The number of sulfone groups is 1. The normalized spacial score (nSPS) is 17.9. The van der Waals surface area contributed by atoms with Crippen molar-refractivity contribution >= 4 is 27.1 Å². The molecule has 2 aromatic carbocycles. The Labute approximate surface area is 158 Å². The van der Waals surface area contributed by atoms with Gasteiger partial charge >= 0.3 is 0 Å². The molecule has 1 heterocycles. The molecule has 3 rings (SSSR count). The second-order valence-corrected chi connectivity index (χ2v) is 8.61. The summed E-state index contributed by atoms with van der Waals surface area (Å²) >= 11 is 0. The minimum absolute atomic E-state index is 0.0697. The van der Waals surface area contributed by atoms with Crippen LogP contribution in [0.4, 0.5) is 11.4 Å². The third kappa shape index (κ3) is 4.91. The van der Waals surface area contributed by atoms with Gasteiger partial charge in [-0.25, -0.2) is 8.42 Å². The first-order valence-corrected chi connectivity index (χ1v) is 10.3. The smallest absolute Gasteiger partial charge is 0.255 e. The van der Waals surface area contributed by atoms with Gasteiger partial charge in [-0.15, -0.1) is 0 Å². The highest BCUT2D eigenvalue weighted by molar-refractivity contribution is 7.91. The zero-order chi connectivity index (χ0) is 19.4. The molecular formula is C19H22N2O5S. The van der Waals surface area contributed by atoms with E-state index in [9.17, 15) is 13.2 Å². The summed E-state index contributed by atoms with van der Waals surface area (Å²) in [5, 5.41) is 6.03. The van der Waals surface area contributed by atoms with Gasteiger partial charge < -0.3 is 20.1 Å². The van der Waals surface area contributed by atoms with Gasteiger partial charge in [0.15, 0.2) is 9.84 Å². The van der Waals surface area contributed by atoms with Crippen LogP contribution >= 0.6 is 0 Å². The highest BCUT2D eigenvalue weighted by atomic mass is 32.2. The quantitative estimate of drug-likeness (QED) is 0.787. The maximum atomic E-state index is 12.5. The average molecular weight is 390 g/mol. The van der Waals surface area contributed by atoms with Crippen molar-refractivity contribution in [3.05, 3.63) is 48.0 Å². The van der Waals surface area contributed by atoms with Crippen molar-refractivity contribution in [1.82, 2.24) is 0 Å². The minimum atomic E-state index is -2.92. The van der Waals surface area contributed by atoms with E-state index < -0.39 is 9.84 Å². The fourth-order valence-corrected chi connectivity index (χ4v) is 4.61. The zero-order valence-electron chi connectivity index (χ0n) is 15.2. The number of nitrogens with one attached hydrogen (secondary N) is 2. The van der Waals surface area contributed by atoms with Crippen LogP contribution in [0.3, 0.4) is 0 Å². The van der Waals surface area contributed by atoms with Crippen molar-refractivity contribution in [1.29, 1.82) is 0 Å². The first-order chi connectivity index (χ1) is 12.9. The van der Waals surface area contributed by atoms with Gasteiger partial charge in [0.1, 0.15) is 11.5 Å². The number of methoxy groups -OCH3 is 2. The van der Waals surface area contributed by atoms with E-state index >= 15 is 0 Å². The number of amides is 1. The third-order valence-corrected chi connectivity index (χ3v) is 6.13. The molecule has 2 aromatic rings. The first-order valence-electron chi connectivity index (χ1n) is 8.50. The van der Waals surface area contributed by atoms with E-state index in [1.807, 2.05) is 12.1 Å². The van der Waals surface area contributed by atoms with Crippen molar-refractivity contribution in [3.8, 4) is 11.5 Å². The van der Waals surface area contributed by atoms with E-state index in [-0.39, 0.29) is 23.5 Å². The molecule has 1 unspecified atom stereocenters. The molecule has 0 aliphatic carbocycles. The van der Waals surface area contributed by atoms with Gasteiger partial charge in [-0.1, -0.05) is 0 Å². The van der Waals surface area contributed by atoms with Gasteiger partial charge in [0, 0.05) is 29.0 Å². The highest BCUT2D eigenvalue weighted by Crippen LogP contribution is 2.24. The molecule has 144 valence electrons. The maximum Gasteiger partial charge on any atom is 0.255 e. The Kier molecular flexibility index (Phi) is 5.55. The third-order valence-electron chi connectivity index (χ3n) is 4.36. The molecule has 2 N–H and O–H groups in total. The van der Waals surface area contributed by atoms with E-state index in [0.717, 1.165) is 5.69 Å². The molecule has 1 saturated heterocycles. The average Bonchev–Trinajstić information content (AvgIpc) is 3.01. The van der Waals surface area contributed by atoms with Gasteiger partial charge in [0.25, 0.3) is 5.91 Å². The molecule has 1 fully saturated rings. The van der Waals surface area contributed by atoms with Crippen LogP contribution in [-0.2, 0) is 9.84 Å². The second kappa shape index (κ2) is 7.87. The molecular weight excluding hydrogens is 368 g/mol. The SMILES string of the molecule is COc1cc(OC)cc(C(=O)Nc2ccc(NC3CCS(=O)(=O)C3)cc2)c1. The molecule has 27 heavy (non-hydrogen) atoms. The summed E-state index contributed by atoms with van der Waals surface area (Å²) in [6.07, 6.45) is 0.610. The highest BCUT2D eigenvalue weighted by Gasteiger charge is 2.27. The molecule has 0 spiro atoms. The number of carbonyl (C=O) groups is 1. The molecule has 1 aliphatic rings. The Morgan fingerprint density at radius 2 is 1.59 bits per heavy atom. The molecule has 7 nitrogen and oxygen atoms in total. The van der Waals surface area contributed by atoms with E-state index in [2.05, 4.69) is 10.6 Å². The predicted octanol–water partition coefficient (Wildman–Crippen LogP) is 2.56. The first kappa shape index (κ1) is 19.0. The van der Waals surface area contributed by atoms with Crippen LogP contribution in [0.1, 0.15) is 16.8 Å². The molecule has 8 heteroatoms. The van der Waals surface area contributed by atoms with Crippen LogP contribution in [0.15, 0.2) is 42.5 Å². The van der Waals surface area contributed by atoms with Gasteiger partial charge in [0.2, 0.25) is 0 Å². The summed E-state index contributed by atoms with van der Waals surface area (Å²) in [7, 11) is 0.129.